The Hall–Kier alpha value is -6.94. The van der Waals surface area contributed by atoms with Gasteiger partial charge in [-0.25, -0.2) is 4.98 Å². The summed E-state index contributed by atoms with van der Waals surface area (Å²) in [5.41, 5.74) is 16.4. The molecule has 1 aliphatic carbocycles. The zero-order valence-electron chi connectivity index (χ0n) is 32.1. The fraction of sp³-hybridized carbons (Fsp3) is 0.0545. The summed E-state index contributed by atoms with van der Waals surface area (Å²) in [6, 6.07) is 64.4. The van der Waals surface area contributed by atoms with Gasteiger partial charge in [0.2, 0.25) is 0 Å². The fourth-order valence-electron chi connectivity index (χ4n) is 9.53. The van der Waals surface area contributed by atoms with Gasteiger partial charge in [-0.15, -0.1) is 11.3 Å². The largest absolute Gasteiger partial charge is 0.252 e. The van der Waals surface area contributed by atoms with Crippen molar-refractivity contribution in [2.75, 3.05) is 0 Å². The summed E-state index contributed by atoms with van der Waals surface area (Å²) in [4.78, 5) is 10.4. The molecule has 0 amide bonds. The van der Waals surface area contributed by atoms with Gasteiger partial charge in [0, 0.05) is 41.9 Å². The molecular weight excluding hydrogens is 721 g/mol. The molecule has 0 aliphatic heterocycles. The van der Waals surface area contributed by atoms with Crippen LogP contribution in [0.3, 0.4) is 0 Å². The van der Waals surface area contributed by atoms with Crippen molar-refractivity contribution in [3.63, 3.8) is 0 Å². The molecule has 2 aromatic heterocycles. The SMILES string of the molecule is CC1(C)c2cc(-c3ccc(-c4cccc(-c5cccc6c5sc5ccccc56)c4)cc3)ccc2-c2ccc(-c3cnc4c5ccccc5c5ccccc5c4n3)cc21. The molecule has 9 aromatic carbocycles. The Bertz CT molecular complexity index is 3450. The van der Waals surface area contributed by atoms with Crippen LogP contribution in [0.5, 0.6) is 0 Å². The molecule has 0 fully saturated rings. The van der Waals surface area contributed by atoms with Crippen molar-refractivity contribution in [2.24, 2.45) is 0 Å². The van der Waals surface area contributed by atoms with Crippen LogP contribution in [0.25, 0.3) is 109 Å². The highest BCUT2D eigenvalue weighted by molar-refractivity contribution is 7.26. The van der Waals surface area contributed by atoms with Gasteiger partial charge in [-0.3, -0.25) is 4.98 Å². The minimum Gasteiger partial charge on any atom is -0.252 e. The first-order valence-corrected chi connectivity index (χ1v) is 20.8. The Morgan fingerprint density at radius 1 is 0.397 bits per heavy atom. The number of hydrogen-bond acceptors (Lipinski definition) is 3. The van der Waals surface area contributed by atoms with Gasteiger partial charge in [-0.2, -0.15) is 0 Å². The molecule has 0 N–H and O–H groups in total. The first kappa shape index (κ1) is 33.2. The first-order chi connectivity index (χ1) is 28.5. The first-order valence-electron chi connectivity index (χ1n) is 20.0. The molecule has 0 saturated carbocycles. The lowest BCUT2D eigenvalue weighted by Crippen LogP contribution is -2.15. The van der Waals surface area contributed by atoms with E-state index in [2.05, 4.69) is 190 Å². The fourth-order valence-corrected chi connectivity index (χ4v) is 10.8. The number of hydrogen-bond donors (Lipinski definition) is 0. The van der Waals surface area contributed by atoms with E-state index in [0.717, 1.165) is 33.1 Å². The van der Waals surface area contributed by atoms with E-state index in [0.29, 0.717) is 0 Å². The third-order valence-corrected chi connectivity index (χ3v) is 13.7. The molecule has 0 saturated heterocycles. The molecular formula is C55H36N2S. The van der Waals surface area contributed by atoms with Crippen LogP contribution in [0, 0.1) is 0 Å². The third-order valence-electron chi connectivity index (χ3n) is 12.5. The minimum absolute atomic E-state index is 0.179. The summed E-state index contributed by atoms with van der Waals surface area (Å²) in [7, 11) is 0. The molecule has 12 rings (SSSR count). The number of rotatable bonds is 4. The average molecular weight is 757 g/mol. The number of aromatic nitrogens is 2. The molecule has 2 nitrogen and oxygen atoms in total. The molecule has 0 unspecified atom stereocenters. The molecule has 0 radical (unpaired) electrons. The van der Waals surface area contributed by atoms with Crippen LogP contribution < -0.4 is 0 Å². The molecule has 3 heteroatoms. The van der Waals surface area contributed by atoms with E-state index in [1.165, 1.54) is 86.6 Å². The van der Waals surface area contributed by atoms with E-state index in [1.54, 1.807) is 0 Å². The predicted octanol–water partition coefficient (Wildman–Crippen LogP) is 15.3. The number of benzene rings is 9. The van der Waals surface area contributed by atoms with Crippen LogP contribution in [-0.2, 0) is 5.41 Å². The van der Waals surface area contributed by atoms with Gasteiger partial charge >= 0.3 is 0 Å². The Morgan fingerprint density at radius 2 is 0.931 bits per heavy atom. The maximum atomic E-state index is 5.31. The molecule has 11 aromatic rings. The highest BCUT2D eigenvalue weighted by Crippen LogP contribution is 2.51. The number of thiophene rings is 1. The monoisotopic (exact) mass is 756 g/mol. The lowest BCUT2D eigenvalue weighted by atomic mass is 9.81. The second kappa shape index (κ2) is 12.5. The number of nitrogens with zero attached hydrogens (tertiary/aromatic N) is 2. The van der Waals surface area contributed by atoms with Gasteiger partial charge < -0.3 is 0 Å². The van der Waals surface area contributed by atoms with E-state index in [-0.39, 0.29) is 5.41 Å². The van der Waals surface area contributed by atoms with E-state index >= 15 is 0 Å². The van der Waals surface area contributed by atoms with Gasteiger partial charge in [-0.05, 0) is 90.7 Å². The van der Waals surface area contributed by atoms with E-state index in [4.69, 9.17) is 9.97 Å². The van der Waals surface area contributed by atoms with Gasteiger partial charge in [0.25, 0.3) is 0 Å². The zero-order valence-corrected chi connectivity index (χ0v) is 32.9. The summed E-state index contributed by atoms with van der Waals surface area (Å²) in [5.74, 6) is 0. The Balaban J connectivity index is 0.865. The number of fused-ring (bicyclic) bond motifs is 12. The lowest BCUT2D eigenvalue weighted by Gasteiger charge is -2.22. The van der Waals surface area contributed by atoms with E-state index in [1.807, 2.05) is 17.5 Å². The van der Waals surface area contributed by atoms with Crippen LogP contribution in [0.1, 0.15) is 25.0 Å². The van der Waals surface area contributed by atoms with Crippen LogP contribution in [-0.4, -0.2) is 9.97 Å². The second-order valence-electron chi connectivity index (χ2n) is 16.1. The highest BCUT2D eigenvalue weighted by Gasteiger charge is 2.36. The van der Waals surface area contributed by atoms with Crippen molar-refractivity contribution < 1.29 is 0 Å². The Kier molecular flexibility index (Phi) is 7.18. The Labute approximate surface area is 340 Å². The highest BCUT2D eigenvalue weighted by atomic mass is 32.1. The second-order valence-corrected chi connectivity index (χ2v) is 17.2. The lowest BCUT2D eigenvalue weighted by molar-refractivity contribution is 0.661. The summed E-state index contributed by atoms with van der Waals surface area (Å²) < 4.78 is 2.68. The van der Waals surface area contributed by atoms with Crippen molar-refractivity contribution >= 4 is 64.1 Å². The summed E-state index contributed by atoms with van der Waals surface area (Å²) >= 11 is 1.88. The average Bonchev–Trinajstić information content (AvgIpc) is 3.78. The molecule has 1 aliphatic rings. The van der Waals surface area contributed by atoms with Crippen molar-refractivity contribution in [3.05, 3.63) is 193 Å². The molecule has 2 heterocycles. The van der Waals surface area contributed by atoms with Crippen molar-refractivity contribution in [2.45, 2.75) is 19.3 Å². The minimum atomic E-state index is -0.179. The van der Waals surface area contributed by atoms with Gasteiger partial charge in [0.1, 0.15) is 0 Å². The quantitative estimate of drug-likeness (QED) is 0.167. The maximum Gasteiger partial charge on any atom is 0.0979 e. The topological polar surface area (TPSA) is 25.8 Å². The molecule has 0 atom stereocenters. The third kappa shape index (κ3) is 4.97. The van der Waals surface area contributed by atoms with Gasteiger partial charge in [-0.1, -0.05) is 166 Å². The van der Waals surface area contributed by atoms with Crippen molar-refractivity contribution in [3.8, 4) is 55.8 Å². The Morgan fingerprint density at radius 3 is 1.66 bits per heavy atom. The molecule has 58 heavy (non-hydrogen) atoms. The predicted molar refractivity (Wildman–Crippen MR) is 247 cm³/mol. The van der Waals surface area contributed by atoms with Crippen LogP contribution >= 0.6 is 11.3 Å². The van der Waals surface area contributed by atoms with Crippen LogP contribution in [0.15, 0.2) is 182 Å². The summed E-state index contributed by atoms with van der Waals surface area (Å²) in [6.45, 7) is 4.71. The van der Waals surface area contributed by atoms with Crippen LogP contribution in [0.2, 0.25) is 0 Å². The molecule has 0 spiro atoms. The van der Waals surface area contributed by atoms with Crippen LogP contribution in [0.4, 0.5) is 0 Å². The summed E-state index contributed by atoms with van der Waals surface area (Å²) in [6.07, 6.45) is 1.95. The van der Waals surface area contributed by atoms with Crippen molar-refractivity contribution in [1.29, 1.82) is 0 Å². The maximum absolute atomic E-state index is 5.31. The smallest absolute Gasteiger partial charge is 0.0979 e. The normalized spacial score (nSPS) is 13.1. The van der Waals surface area contributed by atoms with E-state index in [9.17, 15) is 0 Å². The van der Waals surface area contributed by atoms with Gasteiger partial charge in [0.05, 0.1) is 22.9 Å². The van der Waals surface area contributed by atoms with Crippen molar-refractivity contribution in [1.82, 2.24) is 9.97 Å². The zero-order chi connectivity index (χ0) is 38.5. The van der Waals surface area contributed by atoms with Gasteiger partial charge in [0.15, 0.2) is 0 Å². The molecule has 272 valence electrons. The standard InChI is InChI=1S/C55H36N2S/c1-55(2)48-30-36(34-23-21-33(22-24-34)35-11-9-12-37(29-35)39-18-10-19-47-44-15-7-8-20-51(44)58-54(39)47)25-27-42(48)43-28-26-38(31-49(43)55)50-32-56-52-45-16-5-3-13-40(45)41-14-4-6-17-46(41)53(52)57-50/h3-32H,1-2H3. The summed E-state index contributed by atoms with van der Waals surface area (Å²) in [5, 5.41) is 7.35. The van der Waals surface area contributed by atoms with E-state index < -0.39 is 0 Å². The molecule has 0 bridgehead atoms.